The van der Waals surface area contributed by atoms with E-state index >= 15 is 0 Å². The number of aliphatic carboxylic acids is 1. The lowest BCUT2D eigenvalue weighted by Crippen LogP contribution is -2.51. The number of rotatable bonds is 4. The Kier molecular flexibility index (Phi) is 4.59. The highest BCUT2D eigenvalue weighted by Gasteiger charge is 2.29. The fourth-order valence-electron chi connectivity index (χ4n) is 1.50. The molecule has 1 atom stereocenters. The second-order valence-corrected chi connectivity index (χ2v) is 5.18. The van der Waals surface area contributed by atoms with Gasteiger partial charge in [0, 0.05) is 11.6 Å². The van der Waals surface area contributed by atoms with Crippen molar-refractivity contribution in [2.24, 2.45) is 5.92 Å². The van der Waals surface area contributed by atoms with Crippen LogP contribution < -0.4 is 0 Å². The average molecular weight is 201 g/mol. The second kappa shape index (κ2) is 4.78. The Hall–Kier alpha value is -0.570. The molecule has 0 aromatic heterocycles. The molecule has 0 aromatic rings. The van der Waals surface area contributed by atoms with E-state index in [-0.39, 0.29) is 18.1 Å². The van der Waals surface area contributed by atoms with Crippen molar-refractivity contribution in [2.75, 3.05) is 6.54 Å². The molecule has 0 aliphatic rings. The normalized spacial score (nSPS) is 14.9. The number of nitrogens with zero attached hydrogens (tertiary/aromatic N) is 1. The van der Waals surface area contributed by atoms with Crippen molar-refractivity contribution in [3.8, 4) is 0 Å². The summed E-state index contributed by atoms with van der Waals surface area (Å²) in [6, 6.07) is 0.283. The molecule has 0 bridgehead atoms. The maximum absolute atomic E-state index is 10.7. The van der Waals surface area contributed by atoms with E-state index in [1.54, 1.807) is 0 Å². The molecule has 0 rings (SSSR count). The number of carboxylic acids is 1. The molecule has 0 amide bonds. The first-order valence-corrected chi connectivity index (χ1v) is 5.14. The first-order valence-electron chi connectivity index (χ1n) is 5.14. The van der Waals surface area contributed by atoms with Crippen molar-refractivity contribution < 1.29 is 9.90 Å². The largest absolute Gasteiger partial charge is 0.480 e. The Morgan fingerprint density at radius 3 is 1.93 bits per heavy atom. The monoisotopic (exact) mass is 201 g/mol. The molecule has 0 aromatic carbocycles. The minimum atomic E-state index is -0.757. The third-order valence-electron chi connectivity index (χ3n) is 2.62. The molecule has 0 saturated heterocycles. The molecule has 0 aliphatic heterocycles. The van der Waals surface area contributed by atoms with Gasteiger partial charge in [-0.05, 0) is 33.6 Å². The van der Waals surface area contributed by atoms with E-state index in [0.717, 1.165) is 0 Å². The zero-order chi connectivity index (χ0) is 11.5. The fourth-order valence-corrected chi connectivity index (χ4v) is 1.50. The Bertz CT molecular complexity index is 194. The molecule has 0 radical (unpaired) electrons. The van der Waals surface area contributed by atoms with Crippen LogP contribution in [0.2, 0.25) is 0 Å². The minimum Gasteiger partial charge on any atom is -0.480 e. The number of carboxylic acid groups (broad SMARTS) is 1. The number of hydrogen-bond donors (Lipinski definition) is 1. The lowest BCUT2D eigenvalue weighted by atomic mass is 9.97. The van der Waals surface area contributed by atoms with Crippen molar-refractivity contribution in [3.63, 3.8) is 0 Å². The topological polar surface area (TPSA) is 40.5 Å². The zero-order valence-corrected chi connectivity index (χ0v) is 10.2. The van der Waals surface area contributed by atoms with Gasteiger partial charge in [-0.15, -0.1) is 0 Å². The van der Waals surface area contributed by atoms with Crippen LogP contribution in [-0.4, -0.2) is 34.1 Å². The smallest absolute Gasteiger partial charge is 0.317 e. The van der Waals surface area contributed by atoms with Crippen LogP contribution in [0.5, 0.6) is 0 Å². The summed E-state index contributed by atoms with van der Waals surface area (Å²) in [5, 5.41) is 8.84. The summed E-state index contributed by atoms with van der Waals surface area (Å²) >= 11 is 0. The lowest BCUT2D eigenvalue weighted by Gasteiger charge is -2.40. The summed E-state index contributed by atoms with van der Waals surface area (Å²) in [6.45, 7) is 12.6. The van der Waals surface area contributed by atoms with E-state index in [1.807, 2.05) is 4.90 Å². The zero-order valence-electron chi connectivity index (χ0n) is 10.2. The maximum atomic E-state index is 10.7. The SMILES string of the molecule is CC(C)C(C)N(CC(=O)O)C(C)(C)C. The molecule has 0 fully saturated rings. The van der Waals surface area contributed by atoms with Crippen LogP contribution in [0, 0.1) is 5.92 Å². The highest BCUT2D eigenvalue weighted by molar-refractivity contribution is 5.69. The van der Waals surface area contributed by atoms with Crippen LogP contribution in [0.3, 0.4) is 0 Å². The number of hydrogen-bond acceptors (Lipinski definition) is 2. The molecule has 1 N–H and O–H groups in total. The van der Waals surface area contributed by atoms with E-state index in [0.29, 0.717) is 5.92 Å². The molecular weight excluding hydrogens is 178 g/mol. The maximum Gasteiger partial charge on any atom is 0.317 e. The third kappa shape index (κ3) is 4.09. The van der Waals surface area contributed by atoms with Crippen molar-refractivity contribution in [1.29, 1.82) is 0 Å². The van der Waals surface area contributed by atoms with E-state index in [1.165, 1.54) is 0 Å². The van der Waals surface area contributed by atoms with Gasteiger partial charge in [-0.3, -0.25) is 9.69 Å². The van der Waals surface area contributed by atoms with Gasteiger partial charge in [0.1, 0.15) is 0 Å². The van der Waals surface area contributed by atoms with Gasteiger partial charge in [-0.1, -0.05) is 13.8 Å². The van der Waals surface area contributed by atoms with Crippen molar-refractivity contribution in [3.05, 3.63) is 0 Å². The van der Waals surface area contributed by atoms with Crippen molar-refractivity contribution in [2.45, 2.75) is 53.1 Å². The van der Waals surface area contributed by atoms with Crippen LogP contribution in [0.4, 0.5) is 0 Å². The molecule has 3 heteroatoms. The van der Waals surface area contributed by atoms with Gasteiger partial charge >= 0.3 is 5.97 Å². The van der Waals surface area contributed by atoms with Gasteiger partial charge in [0.05, 0.1) is 6.54 Å². The van der Waals surface area contributed by atoms with Crippen LogP contribution in [-0.2, 0) is 4.79 Å². The van der Waals surface area contributed by atoms with E-state index in [9.17, 15) is 4.79 Å². The van der Waals surface area contributed by atoms with Gasteiger partial charge in [0.15, 0.2) is 0 Å². The van der Waals surface area contributed by atoms with Gasteiger partial charge in [-0.25, -0.2) is 0 Å². The third-order valence-corrected chi connectivity index (χ3v) is 2.62. The molecule has 84 valence electrons. The Morgan fingerprint density at radius 1 is 1.29 bits per heavy atom. The summed E-state index contributed by atoms with van der Waals surface area (Å²) in [4.78, 5) is 12.8. The molecule has 14 heavy (non-hydrogen) atoms. The highest BCUT2D eigenvalue weighted by atomic mass is 16.4. The van der Waals surface area contributed by atoms with Crippen LogP contribution in [0.1, 0.15) is 41.5 Å². The summed E-state index contributed by atoms with van der Waals surface area (Å²) in [6.07, 6.45) is 0. The predicted molar refractivity (Wildman–Crippen MR) is 58.4 cm³/mol. The van der Waals surface area contributed by atoms with Crippen LogP contribution in [0.25, 0.3) is 0 Å². The van der Waals surface area contributed by atoms with E-state index in [4.69, 9.17) is 5.11 Å². The number of carbonyl (C=O) groups is 1. The summed E-state index contributed by atoms with van der Waals surface area (Å²) in [5.41, 5.74) is -0.0952. The van der Waals surface area contributed by atoms with Gasteiger partial charge in [0.2, 0.25) is 0 Å². The van der Waals surface area contributed by atoms with Gasteiger partial charge in [-0.2, -0.15) is 0 Å². The molecule has 0 heterocycles. The molecule has 0 saturated carbocycles. The summed E-state index contributed by atoms with van der Waals surface area (Å²) in [5.74, 6) is -0.291. The van der Waals surface area contributed by atoms with Crippen molar-refractivity contribution in [1.82, 2.24) is 4.90 Å². The van der Waals surface area contributed by atoms with E-state index < -0.39 is 5.97 Å². The Morgan fingerprint density at radius 2 is 1.71 bits per heavy atom. The molecule has 1 unspecified atom stereocenters. The van der Waals surface area contributed by atoms with Crippen LogP contribution in [0.15, 0.2) is 0 Å². The molecule has 0 aliphatic carbocycles. The summed E-state index contributed by atoms with van der Waals surface area (Å²) < 4.78 is 0. The van der Waals surface area contributed by atoms with Gasteiger partial charge in [0.25, 0.3) is 0 Å². The second-order valence-electron chi connectivity index (χ2n) is 5.18. The average Bonchev–Trinajstić information content (AvgIpc) is 1.96. The Labute approximate surface area is 87.1 Å². The van der Waals surface area contributed by atoms with Gasteiger partial charge < -0.3 is 5.11 Å². The quantitative estimate of drug-likeness (QED) is 0.758. The first-order chi connectivity index (χ1) is 6.16. The molecule has 0 spiro atoms. The lowest BCUT2D eigenvalue weighted by molar-refractivity contribution is -0.141. The predicted octanol–water partition coefficient (Wildman–Crippen LogP) is 2.22. The standard InChI is InChI=1S/C11H23NO2/c1-8(2)9(3)12(7-10(13)14)11(4,5)6/h8-9H,7H2,1-6H3,(H,13,14). The highest BCUT2D eigenvalue weighted by Crippen LogP contribution is 2.20. The Balaban J connectivity index is 4.64. The van der Waals surface area contributed by atoms with Crippen molar-refractivity contribution >= 4 is 5.97 Å². The minimum absolute atomic E-state index is 0.0952. The van der Waals surface area contributed by atoms with Crippen LogP contribution >= 0.6 is 0 Å². The first kappa shape index (κ1) is 13.4. The van der Waals surface area contributed by atoms with E-state index in [2.05, 4.69) is 41.5 Å². The molecule has 3 nitrogen and oxygen atoms in total. The summed E-state index contributed by atoms with van der Waals surface area (Å²) in [7, 11) is 0. The fraction of sp³-hybridized carbons (Fsp3) is 0.909. The molecular formula is C11H23NO2.